The number of halogens is 2. The largest absolute Gasteiger partial charge is 0.226 e. The summed E-state index contributed by atoms with van der Waals surface area (Å²) in [6, 6.07) is 9.49. The van der Waals surface area contributed by atoms with Crippen LogP contribution < -0.4 is 0 Å². The maximum Gasteiger partial charge on any atom is 0.134 e. The van der Waals surface area contributed by atoms with Gasteiger partial charge in [-0.15, -0.1) is 0 Å². The van der Waals surface area contributed by atoms with E-state index in [0.29, 0.717) is 11.1 Å². The van der Waals surface area contributed by atoms with Crippen LogP contribution in [-0.4, -0.2) is 9.97 Å². The summed E-state index contributed by atoms with van der Waals surface area (Å²) in [6.07, 6.45) is 2.33. The molecule has 0 N–H and O–H groups in total. The molecule has 0 bridgehead atoms. The quantitative estimate of drug-likeness (QED) is 0.760. The van der Waals surface area contributed by atoms with Crippen LogP contribution in [0.2, 0.25) is 10.2 Å². The minimum Gasteiger partial charge on any atom is -0.226 e. The van der Waals surface area contributed by atoms with Crippen molar-refractivity contribution in [1.82, 2.24) is 9.97 Å². The SMILES string of the molecule is Clc1cc(Sc2ccccc2Cl)nc(C2CC2)n1. The third-order valence-electron chi connectivity index (χ3n) is 2.68. The summed E-state index contributed by atoms with van der Waals surface area (Å²) in [5.74, 6) is 1.35. The molecule has 1 heterocycles. The maximum absolute atomic E-state index is 6.13. The third kappa shape index (κ3) is 2.79. The summed E-state index contributed by atoms with van der Waals surface area (Å²) in [4.78, 5) is 9.79. The lowest BCUT2D eigenvalue weighted by Crippen LogP contribution is -1.94. The number of rotatable bonds is 3. The van der Waals surface area contributed by atoms with Gasteiger partial charge in [0.25, 0.3) is 0 Å². The monoisotopic (exact) mass is 296 g/mol. The number of aromatic nitrogens is 2. The van der Waals surface area contributed by atoms with Gasteiger partial charge in [-0.25, -0.2) is 9.97 Å². The van der Waals surface area contributed by atoms with E-state index in [1.54, 1.807) is 6.07 Å². The second kappa shape index (κ2) is 5.08. The molecule has 0 aliphatic heterocycles. The van der Waals surface area contributed by atoms with Crippen molar-refractivity contribution in [3.63, 3.8) is 0 Å². The van der Waals surface area contributed by atoms with Crippen molar-refractivity contribution in [1.29, 1.82) is 0 Å². The van der Waals surface area contributed by atoms with Crippen molar-refractivity contribution in [3.05, 3.63) is 46.3 Å². The highest BCUT2D eigenvalue weighted by molar-refractivity contribution is 7.99. The molecular weight excluding hydrogens is 287 g/mol. The summed E-state index contributed by atoms with van der Waals surface area (Å²) in [5.41, 5.74) is 0. The van der Waals surface area contributed by atoms with Crippen LogP contribution >= 0.6 is 35.0 Å². The Hall–Kier alpha value is -0.770. The topological polar surface area (TPSA) is 25.8 Å². The number of hydrogen-bond donors (Lipinski definition) is 0. The number of benzene rings is 1. The summed E-state index contributed by atoms with van der Waals surface area (Å²) in [5, 5.41) is 2.08. The van der Waals surface area contributed by atoms with Crippen LogP contribution in [-0.2, 0) is 0 Å². The normalized spacial score (nSPS) is 14.8. The summed E-state index contributed by atoms with van der Waals surface area (Å²) < 4.78 is 0. The van der Waals surface area contributed by atoms with Gasteiger partial charge < -0.3 is 0 Å². The molecule has 1 fully saturated rings. The zero-order valence-corrected chi connectivity index (χ0v) is 11.8. The molecule has 1 aliphatic rings. The summed E-state index contributed by atoms with van der Waals surface area (Å²) in [7, 11) is 0. The van der Waals surface area contributed by atoms with Crippen molar-refractivity contribution in [2.24, 2.45) is 0 Å². The van der Waals surface area contributed by atoms with E-state index in [-0.39, 0.29) is 0 Å². The highest BCUT2D eigenvalue weighted by atomic mass is 35.5. The number of hydrogen-bond acceptors (Lipinski definition) is 3. The van der Waals surface area contributed by atoms with E-state index in [0.717, 1.165) is 33.6 Å². The molecule has 5 heteroatoms. The standard InChI is InChI=1S/C13H10Cl2N2S/c14-9-3-1-2-4-10(9)18-12-7-11(15)16-13(17-12)8-5-6-8/h1-4,7-8H,5-6H2. The molecule has 0 atom stereocenters. The number of nitrogens with zero attached hydrogens (tertiary/aromatic N) is 2. The van der Waals surface area contributed by atoms with E-state index in [1.807, 2.05) is 24.3 Å². The molecule has 0 unspecified atom stereocenters. The zero-order valence-electron chi connectivity index (χ0n) is 9.44. The van der Waals surface area contributed by atoms with Gasteiger partial charge >= 0.3 is 0 Å². The van der Waals surface area contributed by atoms with Gasteiger partial charge in [-0.2, -0.15) is 0 Å². The van der Waals surface area contributed by atoms with Gasteiger partial charge in [0.2, 0.25) is 0 Å². The lowest BCUT2D eigenvalue weighted by Gasteiger charge is -2.05. The van der Waals surface area contributed by atoms with Crippen molar-refractivity contribution in [2.45, 2.75) is 28.7 Å². The average molecular weight is 297 g/mol. The fourth-order valence-corrected chi connectivity index (χ4v) is 2.98. The van der Waals surface area contributed by atoms with Crippen molar-refractivity contribution < 1.29 is 0 Å². The summed E-state index contributed by atoms with van der Waals surface area (Å²) in [6.45, 7) is 0. The first-order valence-corrected chi connectivity index (χ1v) is 7.26. The Labute approximate surface area is 120 Å². The molecule has 2 nitrogen and oxygen atoms in total. The van der Waals surface area contributed by atoms with Crippen LogP contribution in [0.25, 0.3) is 0 Å². The van der Waals surface area contributed by atoms with Gasteiger partial charge in [-0.05, 0) is 25.0 Å². The van der Waals surface area contributed by atoms with Gasteiger partial charge in [0.15, 0.2) is 0 Å². The van der Waals surface area contributed by atoms with Gasteiger partial charge in [-0.1, -0.05) is 47.1 Å². The molecule has 0 saturated heterocycles. The van der Waals surface area contributed by atoms with E-state index in [1.165, 1.54) is 11.8 Å². The zero-order chi connectivity index (χ0) is 12.5. The molecule has 18 heavy (non-hydrogen) atoms. The van der Waals surface area contributed by atoms with Crippen molar-refractivity contribution >= 4 is 35.0 Å². The van der Waals surface area contributed by atoms with Crippen LogP contribution in [0.4, 0.5) is 0 Å². The van der Waals surface area contributed by atoms with E-state index in [2.05, 4.69) is 9.97 Å². The Bertz CT molecular complexity index is 585. The van der Waals surface area contributed by atoms with Gasteiger partial charge in [0, 0.05) is 16.9 Å². The van der Waals surface area contributed by atoms with Crippen molar-refractivity contribution in [2.75, 3.05) is 0 Å². The third-order valence-corrected chi connectivity index (χ3v) is 4.31. The first-order valence-electron chi connectivity index (χ1n) is 5.69. The van der Waals surface area contributed by atoms with Crippen molar-refractivity contribution in [3.8, 4) is 0 Å². The molecule has 92 valence electrons. The molecule has 3 rings (SSSR count). The Balaban J connectivity index is 1.90. The lowest BCUT2D eigenvalue weighted by molar-refractivity contribution is 0.878. The van der Waals surface area contributed by atoms with Crippen LogP contribution in [0.1, 0.15) is 24.6 Å². The molecular formula is C13H10Cl2N2S. The Morgan fingerprint density at radius 2 is 1.89 bits per heavy atom. The molecule has 2 aromatic rings. The predicted octanol–water partition coefficient (Wildman–Crippen LogP) is 4.81. The van der Waals surface area contributed by atoms with E-state index in [4.69, 9.17) is 23.2 Å². The van der Waals surface area contributed by atoms with E-state index in [9.17, 15) is 0 Å². The molecule has 0 amide bonds. The first-order chi connectivity index (χ1) is 8.72. The summed E-state index contributed by atoms with van der Waals surface area (Å²) >= 11 is 13.7. The molecule has 0 spiro atoms. The molecule has 1 aromatic carbocycles. The van der Waals surface area contributed by atoms with Gasteiger partial charge in [0.1, 0.15) is 16.0 Å². The smallest absolute Gasteiger partial charge is 0.134 e. The lowest BCUT2D eigenvalue weighted by atomic mass is 10.4. The second-order valence-corrected chi connectivity index (χ2v) is 6.05. The fourth-order valence-electron chi connectivity index (χ4n) is 1.63. The Morgan fingerprint density at radius 3 is 2.61 bits per heavy atom. The average Bonchev–Trinajstić information content (AvgIpc) is 3.15. The van der Waals surface area contributed by atoms with Crippen LogP contribution in [0.3, 0.4) is 0 Å². The Morgan fingerprint density at radius 1 is 1.11 bits per heavy atom. The minimum absolute atomic E-state index is 0.495. The van der Waals surface area contributed by atoms with Crippen LogP contribution in [0, 0.1) is 0 Å². The first kappa shape index (κ1) is 12.3. The highest BCUT2D eigenvalue weighted by Gasteiger charge is 2.27. The minimum atomic E-state index is 0.495. The molecule has 0 radical (unpaired) electrons. The highest BCUT2D eigenvalue weighted by Crippen LogP contribution is 2.40. The predicted molar refractivity (Wildman–Crippen MR) is 74.6 cm³/mol. The molecule has 1 aliphatic carbocycles. The molecule has 1 aromatic heterocycles. The maximum atomic E-state index is 6.13. The van der Waals surface area contributed by atoms with Crippen LogP contribution in [0.5, 0.6) is 0 Å². The van der Waals surface area contributed by atoms with E-state index >= 15 is 0 Å². The van der Waals surface area contributed by atoms with Crippen LogP contribution in [0.15, 0.2) is 40.3 Å². The van der Waals surface area contributed by atoms with Gasteiger partial charge in [-0.3, -0.25) is 0 Å². The van der Waals surface area contributed by atoms with Gasteiger partial charge in [0.05, 0.1) is 5.02 Å². The molecule has 1 saturated carbocycles. The Kier molecular flexibility index (Phi) is 3.46. The second-order valence-electron chi connectivity index (χ2n) is 4.19. The van der Waals surface area contributed by atoms with E-state index < -0.39 is 0 Å². The fraction of sp³-hybridized carbons (Fsp3) is 0.231.